The number of aryl methyl sites for hydroxylation is 2. The van der Waals surface area contributed by atoms with Crippen LogP contribution in [0.5, 0.6) is 5.75 Å². The van der Waals surface area contributed by atoms with Crippen LogP contribution < -0.4 is 4.74 Å². The molecular weight excluding hydrogens is 290 g/mol. The van der Waals surface area contributed by atoms with Gasteiger partial charge in [0.15, 0.2) is 0 Å². The second-order valence-corrected chi connectivity index (χ2v) is 5.57. The van der Waals surface area contributed by atoms with Crippen LogP contribution in [0.25, 0.3) is 22.2 Å². The molecule has 3 aromatic rings. The molecule has 4 heteroatoms. The molecule has 2 aromatic carbocycles. The molecule has 1 aromatic heterocycles. The number of nitrogens with zero attached hydrogens (tertiary/aromatic N) is 1. The minimum absolute atomic E-state index is 0.271. The minimum atomic E-state index is -0.947. The Morgan fingerprint density at radius 2 is 1.78 bits per heavy atom. The van der Waals surface area contributed by atoms with Gasteiger partial charge in [0.25, 0.3) is 0 Å². The normalized spacial score (nSPS) is 10.7. The van der Waals surface area contributed by atoms with Crippen LogP contribution in [0, 0.1) is 13.8 Å². The Balaban J connectivity index is 2.27. The molecule has 0 atom stereocenters. The molecule has 1 N–H and O–H groups in total. The Hall–Kier alpha value is -2.88. The fourth-order valence-corrected chi connectivity index (χ4v) is 2.77. The summed E-state index contributed by atoms with van der Waals surface area (Å²) in [6.07, 6.45) is 0. The van der Waals surface area contributed by atoms with Gasteiger partial charge in [-0.25, -0.2) is 9.78 Å². The van der Waals surface area contributed by atoms with Gasteiger partial charge in [-0.15, -0.1) is 0 Å². The number of aromatic nitrogens is 1. The van der Waals surface area contributed by atoms with E-state index in [9.17, 15) is 9.90 Å². The summed E-state index contributed by atoms with van der Waals surface area (Å²) in [4.78, 5) is 16.4. The second kappa shape index (κ2) is 5.72. The van der Waals surface area contributed by atoms with Gasteiger partial charge in [-0.3, -0.25) is 0 Å². The number of methoxy groups -OCH3 is 1. The third kappa shape index (κ3) is 2.75. The molecule has 0 saturated carbocycles. The van der Waals surface area contributed by atoms with Crippen LogP contribution in [-0.2, 0) is 0 Å². The number of fused-ring (bicyclic) bond motifs is 1. The summed E-state index contributed by atoms with van der Waals surface area (Å²) in [5.41, 5.74) is 4.49. The average Bonchev–Trinajstić information content (AvgIpc) is 2.54. The van der Waals surface area contributed by atoms with E-state index in [-0.39, 0.29) is 5.56 Å². The molecule has 23 heavy (non-hydrogen) atoms. The smallest absolute Gasteiger partial charge is 0.336 e. The molecule has 0 bridgehead atoms. The molecule has 0 aliphatic heterocycles. The third-order valence-electron chi connectivity index (χ3n) is 3.86. The lowest BCUT2D eigenvalue weighted by Gasteiger charge is -2.10. The topological polar surface area (TPSA) is 59.4 Å². The standard InChI is InChI=1S/C19H17NO3/c1-11-8-12(2)18-15(9-11)16(19(21)22)10-17(20-18)13-4-6-14(23-3)7-5-13/h4-10H,1-3H3,(H,21,22). The highest BCUT2D eigenvalue weighted by molar-refractivity contribution is 6.04. The SMILES string of the molecule is COc1ccc(-c2cc(C(=O)O)c3cc(C)cc(C)c3n2)cc1. The molecular formula is C19H17NO3. The van der Waals surface area contributed by atoms with E-state index in [1.807, 2.05) is 50.2 Å². The molecule has 0 fully saturated rings. The van der Waals surface area contributed by atoms with Crippen molar-refractivity contribution >= 4 is 16.9 Å². The molecule has 0 unspecified atom stereocenters. The lowest BCUT2D eigenvalue weighted by atomic mass is 10.00. The molecule has 0 aliphatic rings. The number of carboxylic acid groups (broad SMARTS) is 1. The number of rotatable bonds is 3. The number of hydrogen-bond donors (Lipinski definition) is 1. The number of benzene rings is 2. The largest absolute Gasteiger partial charge is 0.497 e. The van der Waals surface area contributed by atoms with Crippen molar-refractivity contribution in [3.8, 4) is 17.0 Å². The highest BCUT2D eigenvalue weighted by Crippen LogP contribution is 2.28. The van der Waals surface area contributed by atoms with Crippen molar-refractivity contribution in [3.05, 3.63) is 59.2 Å². The van der Waals surface area contributed by atoms with Gasteiger partial charge in [-0.2, -0.15) is 0 Å². The van der Waals surface area contributed by atoms with Crippen LogP contribution in [0.1, 0.15) is 21.5 Å². The van der Waals surface area contributed by atoms with Crippen molar-refractivity contribution in [1.82, 2.24) is 4.98 Å². The minimum Gasteiger partial charge on any atom is -0.497 e. The highest BCUT2D eigenvalue weighted by atomic mass is 16.5. The monoisotopic (exact) mass is 307 g/mol. The van der Waals surface area contributed by atoms with Crippen molar-refractivity contribution in [1.29, 1.82) is 0 Å². The van der Waals surface area contributed by atoms with E-state index in [1.54, 1.807) is 13.2 Å². The number of aromatic carboxylic acids is 1. The van der Waals surface area contributed by atoms with Crippen LogP contribution in [0.15, 0.2) is 42.5 Å². The van der Waals surface area contributed by atoms with Gasteiger partial charge < -0.3 is 9.84 Å². The van der Waals surface area contributed by atoms with Gasteiger partial charge in [0.2, 0.25) is 0 Å². The predicted molar refractivity (Wildman–Crippen MR) is 90.2 cm³/mol. The molecule has 0 amide bonds. The molecule has 116 valence electrons. The van der Waals surface area contributed by atoms with E-state index in [0.29, 0.717) is 11.1 Å². The van der Waals surface area contributed by atoms with E-state index in [2.05, 4.69) is 4.98 Å². The zero-order valence-corrected chi connectivity index (χ0v) is 13.3. The number of carbonyl (C=O) groups is 1. The van der Waals surface area contributed by atoms with Crippen molar-refractivity contribution in [3.63, 3.8) is 0 Å². The van der Waals surface area contributed by atoms with Gasteiger partial charge in [0.1, 0.15) is 5.75 Å². The van der Waals surface area contributed by atoms with Gasteiger partial charge in [0.05, 0.1) is 23.9 Å². The predicted octanol–water partition coefficient (Wildman–Crippen LogP) is 4.23. The Morgan fingerprint density at radius 1 is 1.09 bits per heavy atom. The van der Waals surface area contributed by atoms with Crippen LogP contribution in [0.2, 0.25) is 0 Å². The summed E-state index contributed by atoms with van der Waals surface area (Å²) in [6.45, 7) is 3.90. The molecule has 3 rings (SSSR count). The summed E-state index contributed by atoms with van der Waals surface area (Å²) >= 11 is 0. The van der Waals surface area contributed by atoms with Crippen LogP contribution in [-0.4, -0.2) is 23.2 Å². The number of hydrogen-bond acceptors (Lipinski definition) is 3. The maximum atomic E-state index is 11.7. The van der Waals surface area contributed by atoms with Crippen LogP contribution in [0.3, 0.4) is 0 Å². The summed E-state index contributed by atoms with van der Waals surface area (Å²) in [6, 6.07) is 12.9. The second-order valence-electron chi connectivity index (χ2n) is 5.57. The lowest BCUT2D eigenvalue weighted by molar-refractivity contribution is 0.0699. The van der Waals surface area contributed by atoms with E-state index in [0.717, 1.165) is 28.0 Å². The summed E-state index contributed by atoms with van der Waals surface area (Å²) in [7, 11) is 1.61. The summed E-state index contributed by atoms with van der Waals surface area (Å²) < 4.78 is 5.16. The van der Waals surface area contributed by atoms with Crippen molar-refractivity contribution < 1.29 is 14.6 Å². The first-order chi connectivity index (χ1) is 11.0. The van der Waals surface area contributed by atoms with Crippen molar-refractivity contribution in [2.75, 3.05) is 7.11 Å². The molecule has 0 radical (unpaired) electrons. The zero-order valence-electron chi connectivity index (χ0n) is 13.3. The lowest BCUT2D eigenvalue weighted by Crippen LogP contribution is -2.01. The van der Waals surface area contributed by atoms with Gasteiger partial charge >= 0.3 is 5.97 Å². The fourth-order valence-electron chi connectivity index (χ4n) is 2.77. The first kappa shape index (κ1) is 15.0. The average molecular weight is 307 g/mol. The molecule has 0 saturated heterocycles. The number of pyridine rings is 1. The van der Waals surface area contributed by atoms with Crippen LogP contribution >= 0.6 is 0 Å². The van der Waals surface area contributed by atoms with E-state index >= 15 is 0 Å². The molecule has 0 aliphatic carbocycles. The first-order valence-corrected chi connectivity index (χ1v) is 7.29. The molecule has 4 nitrogen and oxygen atoms in total. The summed E-state index contributed by atoms with van der Waals surface area (Å²) in [5.74, 6) is -0.197. The first-order valence-electron chi connectivity index (χ1n) is 7.29. The highest BCUT2D eigenvalue weighted by Gasteiger charge is 2.14. The van der Waals surface area contributed by atoms with E-state index in [1.165, 1.54) is 0 Å². The van der Waals surface area contributed by atoms with E-state index in [4.69, 9.17) is 4.74 Å². The summed E-state index contributed by atoms with van der Waals surface area (Å²) in [5, 5.41) is 10.2. The molecule has 0 spiro atoms. The quantitative estimate of drug-likeness (QED) is 0.787. The maximum absolute atomic E-state index is 11.7. The van der Waals surface area contributed by atoms with E-state index < -0.39 is 5.97 Å². The maximum Gasteiger partial charge on any atom is 0.336 e. The van der Waals surface area contributed by atoms with Gasteiger partial charge in [-0.05, 0) is 55.8 Å². The Labute approximate surface area is 134 Å². The number of ether oxygens (including phenoxy) is 1. The molecule has 1 heterocycles. The zero-order chi connectivity index (χ0) is 16.6. The van der Waals surface area contributed by atoms with Crippen molar-refractivity contribution in [2.24, 2.45) is 0 Å². The number of carboxylic acids is 1. The Kier molecular flexibility index (Phi) is 3.74. The Morgan fingerprint density at radius 3 is 2.39 bits per heavy atom. The van der Waals surface area contributed by atoms with Gasteiger partial charge in [0, 0.05) is 10.9 Å². The third-order valence-corrected chi connectivity index (χ3v) is 3.86. The van der Waals surface area contributed by atoms with Gasteiger partial charge in [-0.1, -0.05) is 11.6 Å². The van der Waals surface area contributed by atoms with Crippen LogP contribution in [0.4, 0.5) is 0 Å². The van der Waals surface area contributed by atoms with Crippen molar-refractivity contribution in [2.45, 2.75) is 13.8 Å². The fraction of sp³-hybridized carbons (Fsp3) is 0.158. The Bertz CT molecular complexity index is 899.